The molecule has 0 fully saturated rings. The first-order chi connectivity index (χ1) is 10.9. The molecule has 0 radical (unpaired) electrons. The van der Waals surface area contributed by atoms with Crippen molar-refractivity contribution >= 4 is 39.1 Å². The largest absolute Gasteiger partial charge is 0.539 e. The molecule has 0 bridgehead atoms. The summed E-state index contributed by atoms with van der Waals surface area (Å²) >= 11 is 1.15. The number of hydrogen-bond acceptors (Lipinski definition) is 7. The fraction of sp³-hybridized carbons (Fsp3) is 0.200. The van der Waals surface area contributed by atoms with Crippen LogP contribution in [0.1, 0.15) is 34.9 Å². The van der Waals surface area contributed by atoms with E-state index in [4.69, 9.17) is 5.73 Å². The predicted molar refractivity (Wildman–Crippen MR) is 83.9 cm³/mol. The number of aromatic nitrogens is 3. The summed E-state index contributed by atoms with van der Waals surface area (Å²) in [5, 5.41) is 15.8. The van der Waals surface area contributed by atoms with E-state index in [1.807, 2.05) is 32.1 Å². The number of ketones is 1. The van der Waals surface area contributed by atoms with Gasteiger partial charge in [0, 0.05) is 5.39 Å². The summed E-state index contributed by atoms with van der Waals surface area (Å²) in [6.45, 7) is 3.95. The third-order valence-electron chi connectivity index (χ3n) is 3.24. The number of carbonyl (C=O) groups is 1. The van der Waals surface area contributed by atoms with Crippen LogP contribution in [0.15, 0.2) is 22.2 Å². The van der Waals surface area contributed by atoms with E-state index in [1.54, 1.807) is 0 Å². The van der Waals surface area contributed by atoms with Gasteiger partial charge in [0.2, 0.25) is 0 Å². The third kappa shape index (κ3) is 2.57. The third-order valence-corrected chi connectivity index (χ3v) is 4.35. The van der Waals surface area contributed by atoms with Crippen LogP contribution >= 0.6 is 11.3 Å². The van der Waals surface area contributed by atoms with Gasteiger partial charge < -0.3 is 15.4 Å². The molecule has 0 aliphatic rings. The van der Waals surface area contributed by atoms with E-state index in [9.17, 15) is 9.90 Å². The van der Waals surface area contributed by atoms with Crippen LogP contribution in [0.2, 0.25) is 0 Å². The van der Waals surface area contributed by atoms with Crippen molar-refractivity contribution < 1.29 is 19.1 Å². The quantitative estimate of drug-likeness (QED) is 0.574. The Morgan fingerprint density at radius 1 is 1.43 bits per heavy atom. The van der Waals surface area contributed by atoms with Crippen molar-refractivity contribution in [3.05, 3.63) is 34.0 Å². The Morgan fingerprint density at radius 3 is 2.78 bits per heavy atom. The van der Waals surface area contributed by atoms with Crippen molar-refractivity contribution in [2.24, 2.45) is 7.05 Å². The summed E-state index contributed by atoms with van der Waals surface area (Å²) in [6.07, 6.45) is 1.94. The van der Waals surface area contributed by atoms with Gasteiger partial charge in [-0.2, -0.15) is 0 Å². The number of fused-ring (bicyclic) bond motifs is 1. The molecule has 3 rings (SSSR count). The average molecular weight is 330 g/mol. The van der Waals surface area contributed by atoms with Crippen LogP contribution < -0.4 is 15.5 Å². The summed E-state index contributed by atoms with van der Waals surface area (Å²) in [5.74, 6) is -1.30. The number of nitrogens with two attached hydrogens (primary N) is 1. The Labute approximate surface area is 135 Å². The lowest BCUT2D eigenvalue weighted by Gasteiger charge is -1.96. The minimum atomic E-state index is -0.785. The normalized spacial score (nSPS) is 10.9. The van der Waals surface area contributed by atoms with Gasteiger partial charge in [0.15, 0.2) is 13.0 Å². The lowest BCUT2D eigenvalue weighted by molar-refractivity contribution is -0.741. The van der Waals surface area contributed by atoms with E-state index in [0.717, 1.165) is 27.3 Å². The highest BCUT2D eigenvalue weighted by Gasteiger charge is 2.28. The van der Waals surface area contributed by atoms with Gasteiger partial charge in [0.05, 0.1) is 16.7 Å². The summed E-state index contributed by atoms with van der Waals surface area (Å²) in [7, 11) is 1.47. The van der Waals surface area contributed by atoms with Gasteiger partial charge in [-0.15, -0.1) is 11.3 Å². The van der Waals surface area contributed by atoms with Crippen LogP contribution in [0, 0.1) is 0 Å². The fourth-order valence-corrected chi connectivity index (χ4v) is 3.26. The predicted octanol–water partition coefficient (Wildman–Crippen LogP) is 1.42. The molecular formula is C15H14N4O3S. The minimum Gasteiger partial charge on any atom is -0.539 e. The first-order valence-corrected chi connectivity index (χ1v) is 7.61. The molecule has 118 valence electrons. The van der Waals surface area contributed by atoms with Crippen molar-refractivity contribution in [2.45, 2.75) is 13.8 Å². The summed E-state index contributed by atoms with van der Waals surface area (Å²) in [6, 6.07) is 3.66. The van der Waals surface area contributed by atoms with E-state index in [-0.39, 0.29) is 10.6 Å². The smallest absolute Gasteiger partial charge is 0.305 e. The number of anilines is 1. The monoisotopic (exact) mass is 330 g/mol. The molecule has 0 saturated carbocycles. The zero-order valence-corrected chi connectivity index (χ0v) is 13.6. The van der Waals surface area contributed by atoms with Crippen LogP contribution in [0.3, 0.4) is 0 Å². The Balaban J connectivity index is 2.14. The zero-order valence-electron chi connectivity index (χ0n) is 12.8. The topological polar surface area (TPSA) is 109 Å². The fourth-order valence-electron chi connectivity index (χ4n) is 2.22. The first kappa shape index (κ1) is 15.2. The molecule has 3 heterocycles. The van der Waals surface area contributed by atoms with Gasteiger partial charge in [0.25, 0.3) is 5.78 Å². The number of aryl methyl sites for hydroxylation is 1. The average Bonchev–Trinajstić information content (AvgIpc) is 2.98. The van der Waals surface area contributed by atoms with Crippen molar-refractivity contribution in [3.63, 3.8) is 0 Å². The molecule has 7 nitrogen and oxygen atoms in total. The van der Waals surface area contributed by atoms with Crippen molar-refractivity contribution in [3.8, 4) is 5.95 Å². The van der Waals surface area contributed by atoms with E-state index in [2.05, 4.69) is 14.8 Å². The summed E-state index contributed by atoms with van der Waals surface area (Å²) in [4.78, 5) is 18.0. The molecule has 0 spiro atoms. The molecule has 0 atom stereocenters. The van der Waals surface area contributed by atoms with Gasteiger partial charge in [-0.05, 0) is 32.1 Å². The van der Waals surface area contributed by atoms with Crippen molar-refractivity contribution in [1.82, 2.24) is 10.3 Å². The number of rotatable bonds is 3. The Hall–Kier alpha value is -2.74. The summed E-state index contributed by atoms with van der Waals surface area (Å²) < 4.78 is 5.60. The first-order valence-electron chi connectivity index (χ1n) is 6.80. The van der Waals surface area contributed by atoms with Gasteiger partial charge in [0.1, 0.15) is 9.71 Å². The number of nitrogen functional groups attached to an aromatic ring is 1. The Bertz CT molecular complexity index is 932. The molecule has 0 amide bonds. The molecule has 0 saturated heterocycles. The van der Waals surface area contributed by atoms with Gasteiger partial charge in [-0.3, -0.25) is 4.79 Å². The molecule has 2 N–H and O–H groups in total. The number of pyridine rings is 1. The second-order valence-corrected chi connectivity index (χ2v) is 6.32. The molecular weight excluding hydrogens is 316 g/mol. The van der Waals surface area contributed by atoms with Gasteiger partial charge in [-0.25, -0.2) is 4.98 Å². The second-order valence-electron chi connectivity index (χ2n) is 5.32. The zero-order chi connectivity index (χ0) is 16.7. The van der Waals surface area contributed by atoms with Gasteiger partial charge >= 0.3 is 5.69 Å². The molecule has 0 aliphatic heterocycles. The SMILES string of the molecule is CC(C)=Cc1ccc2c(N)c(C(=O)c3c([O-])on[n+]3C)sc2n1. The molecule has 3 aromatic heterocycles. The number of nitrogens with zero attached hydrogens (tertiary/aromatic N) is 3. The van der Waals surface area contributed by atoms with E-state index < -0.39 is 11.7 Å². The molecule has 0 aliphatic carbocycles. The maximum absolute atomic E-state index is 12.6. The minimum absolute atomic E-state index is 0.159. The highest BCUT2D eigenvalue weighted by Crippen LogP contribution is 2.34. The number of carbonyl (C=O) groups excluding carboxylic acids is 1. The van der Waals surface area contributed by atoms with E-state index in [0.29, 0.717) is 15.9 Å². The van der Waals surface area contributed by atoms with Crippen molar-refractivity contribution in [2.75, 3.05) is 5.73 Å². The second kappa shape index (κ2) is 5.47. The molecule has 23 heavy (non-hydrogen) atoms. The van der Waals surface area contributed by atoms with E-state index >= 15 is 0 Å². The lowest BCUT2D eigenvalue weighted by Crippen LogP contribution is -2.37. The van der Waals surface area contributed by atoms with Crippen molar-refractivity contribution in [1.29, 1.82) is 0 Å². The number of allylic oxidation sites excluding steroid dienone is 1. The van der Waals surface area contributed by atoms with Crippen LogP contribution in [-0.4, -0.2) is 16.0 Å². The number of thiophene rings is 1. The maximum Gasteiger partial charge on any atom is 0.305 e. The van der Waals surface area contributed by atoms with Crippen LogP contribution in [0.4, 0.5) is 5.69 Å². The highest BCUT2D eigenvalue weighted by molar-refractivity contribution is 7.21. The highest BCUT2D eigenvalue weighted by atomic mass is 32.1. The molecule has 0 aromatic carbocycles. The Morgan fingerprint density at radius 2 is 2.17 bits per heavy atom. The van der Waals surface area contributed by atoms with Crippen LogP contribution in [-0.2, 0) is 7.05 Å². The number of hydrogen-bond donors (Lipinski definition) is 1. The van der Waals surface area contributed by atoms with Gasteiger partial charge in [-0.1, -0.05) is 10.3 Å². The molecule has 0 unspecified atom stereocenters. The Kier molecular flexibility index (Phi) is 3.61. The standard InChI is InChI=1S/C15H14N4O3S/c1-7(2)6-8-4-5-9-10(16)13(23-14(9)17-8)12(20)11-15(21)22-18-19(11)3/h4-6H,1-3H3,(H2-,16,18,20,21). The molecule has 8 heteroatoms. The summed E-state index contributed by atoms with van der Waals surface area (Å²) in [5.41, 5.74) is 8.13. The molecule has 3 aromatic rings. The van der Waals surface area contributed by atoms with Crippen LogP contribution in [0.5, 0.6) is 5.95 Å². The van der Waals surface area contributed by atoms with E-state index in [1.165, 1.54) is 7.05 Å². The maximum atomic E-state index is 12.6. The van der Waals surface area contributed by atoms with Crippen LogP contribution in [0.25, 0.3) is 16.3 Å². The lowest BCUT2D eigenvalue weighted by atomic mass is 10.1.